The first-order chi connectivity index (χ1) is 15.2. The van der Waals surface area contributed by atoms with Gasteiger partial charge in [0.2, 0.25) is 0 Å². The third-order valence-electron chi connectivity index (χ3n) is 5.19. The van der Waals surface area contributed by atoms with Crippen molar-refractivity contribution in [2.24, 2.45) is 10.9 Å². The lowest BCUT2D eigenvalue weighted by molar-refractivity contribution is 0.0906. The molecule has 0 aromatic heterocycles. The van der Waals surface area contributed by atoms with Gasteiger partial charge in [0.1, 0.15) is 5.75 Å². The predicted molar refractivity (Wildman–Crippen MR) is 138 cm³/mol. The highest BCUT2D eigenvalue weighted by Crippen LogP contribution is 2.17. The van der Waals surface area contributed by atoms with Gasteiger partial charge < -0.3 is 25.4 Å². The van der Waals surface area contributed by atoms with Gasteiger partial charge in [-0.3, -0.25) is 9.79 Å². The van der Waals surface area contributed by atoms with Crippen molar-refractivity contribution in [3.05, 3.63) is 65.7 Å². The van der Waals surface area contributed by atoms with Gasteiger partial charge in [-0.25, -0.2) is 0 Å². The van der Waals surface area contributed by atoms with Crippen LogP contribution in [-0.4, -0.2) is 61.2 Å². The first kappa shape index (κ1) is 25.9. The molecule has 1 unspecified atom stereocenters. The van der Waals surface area contributed by atoms with E-state index in [1.807, 2.05) is 25.1 Å². The second-order valence-corrected chi connectivity index (χ2v) is 7.61. The Kier molecular flexibility index (Phi) is 11.3. The molecule has 3 rings (SSSR count). The summed E-state index contributed by atoms with van der Waals surface area (Å²) in [5, 5.41) is 15.9. The number of aliphatic imine (C=N–C) groups is 1. The second kappa shape index (κ2) is 13.9. The van der Waals surface area contributed by atoms with Gasteiger partial charge in [-0.15, -0.1) is 24.0 Å². The van der Waals surface area contributed by atoms with E-state index in [0.717, 1.165) is 38.6 Å². The van der Waals surface area contributed by atoms with Crippen LogP contribution >= 0.6 is 24.0 Å². The number of nitrogens with one attached hydrogen (secondary N) is 2. The van der Waals surface area contributed by atoms with Crippen LogP contribution in [0.1, 0.15) is 29.3 Å². The summed E-state index contributed by atoms with van der Waals surface area (Å²) in [5.41, 5.74) is 1.47. The largest absolute Gasteiger partial charge is 0.507 e. The molecule has 1 heterocycles. The fourth-order valence-corrected chi connectivity index (χ4v) is 3.60. The van der Waals surface area contributed by atoms with Crippen molar-refractivity contribution in [2.45, 2.75) is 20.0 Å². The Labute approximate surface area is 207 Å². The maximum absolute atomic E-state index is 12.2. The summed E-state index contributed by atoms with van der Waals surface area (Å²) >= 11 is 0. The molecule has 1 aliphatic heterocycles. The zero-order valence-corrected chi connectivity index (χ0v) is 20.8. The minimum atomic E-state index is -0.296. The van der Waals surface area contributed by atoms with Gasteiger partial charge in [0, 0.05) is 32.1 Å². The smallest absolute Gasteiger partial charge is 0.255 e. The molecule has 7 nitrogen and oxygen atoms in total. The molecular formula is C24H33IN4O3. The van der Waals surface area contributed by atoms with Crippen LogP contribution in [0.2, 0.25) is 0 Å². The molecule has 0 aliphatic carbocycles. The van der Waals surface area contributed by atoms with Gasteiger partial charge >= 0.3 is 0 Å². The van der Waals surface area contributed by atoms with Crippen molar-refractivity contribution in [3.8, 4) is 5.75 Å². The molecule has 1 aliphatic rings. The molecule has 32 heavy (non-hydrogen) atoms. The number of para-hydroxylation sites is 1. The number of carbonyl (C=O) groups is 1. The number of ether oxygens (including phenoxy) is 1. The summed E-state index contributed by atoms with van der Waals surface area (Å²) in [7, 11) is 0. The molecule has 1 atom stereocenters. The number of hydrogen-bond donors (Lipinski definition) is 3. The summed E-state index contributed by atoms with van der Waals surface area (Å²) in [6.45, 7) is 6.93. The molecular weight excluding hydrogens is 519 g/mol. The number of phenolic OH excluding ortho intramolecular Hbond substituents is 1. The van der Waals surface area contributed by atoms with E-state index in [9.17, 15) is 9.90 Å². The Morgan fingerprint density at radius 2 is 1.91 bits per heavy atom. The number of rotatable bonds is 9. The minimum absolute atomic E-state index is 0. The molecule has 1 amide bonds. The van der Waals surface area contributed by atoms with E-state index in [1.54, 1.807) is 18.2 Å². The Morgan fingerprint density at radius 1 is 1.16 bits per heavy atom. The number of halogens is 1. The van der Waals surface area contributed by atoms with E-state index in [-0.39, 0.29) is 41.2 Å². The van der Waals surface area contributed by atoms with E-state index in [4.69, 9.17) is 4.74 Å². The van der Waals surface area contributed by atoms with Crippen molar-refractivity contribution < 1.29 is 14.6 Å². The maximum Gasteiger partial charge on any atom is 0.255 e. The highest BCUT2D eigenvalue weighted by Gasteiger charge is 2.25. The third kappa shape index (κ3) is 7.98. The molecule has 0 radical (unpaired) electrons. The standard InChI is InChI=1S/C24H32N4O3.HI/c1-2-25-24(27-14-13-26-23(30)21-10-6-7-11-22(21)29)28-15-12-20(16-28)18-31-17-19-8-4-3-5-9-19;/h3-11,20,29H,2,12-18H2,1H3,(H,25,27)(H,26,30);1H. The summed E-state index contributed by atoms with van der Waals surface area (Å²) in [6, 6.07) is 16.7. The van der Waals surface area contributed by atoms with E-state index < -0.39 is 0 Å². The topological polar surface area (TPSA) is 86.2 Å². The van der Waals surface area contributed by atoms with Crippen molar-refractivity contribution in [1.29, 1.82) is 0 Å². The number of benzene rings is 2. The van der Waals surface area contributed by atoms with E-state index >= 15 is 0 Å². The highest BCUT2D eigenvalue weighted by atomic mass is 127. The SMILES string of the molecule is CCNC(=NCCNC(=O)c1ccccc1O)N1CCC(COCc2ccccc2)C1.I. The number of phenols is 1. The molecule has 0 spiro atoms. The van der Waals surface area contributed by atoms with Crippen LogP contribution in [0.4, 0.5) is 0 Å². The van der Waals surface area contributed by atoms with Crippen molar-refractivity contribution in [3.63, 3.8) is 0 Å². The van der Waals surface area contributed by atoms with Crippen LogP contribution in [0.15, 0.2) is 59.6 Å². The average Bonchev–Trinajstić information content (AvgIpc) is 3.25. The fraction of sp³-hybridized carbons (Fsp3) is 0.417. The van der Waals surface area contributed by atoms with Crippen molar-refractivity contribution in [1.82, 2.24) is 15.5 Å². The lowest BCUT2D eigenvalue weighted by Crippen LogP contribution is -2.40. The summed E-state index contributed by atoms with van der Waals surface area (Å²) in [4.78, 5) is 19.1. The summed E-state index contributed by atoms with van der Waals surface area (Å²) < 4.78 is 5.91. The minimum Gasteiger partial charge on any atom is -0.507 e. The Bertz CT molecular complexity index is 863. The van der Waals surface area contributed by atoms with Gasteiger partial charge in [0.15, 0.2) is 5.96 Å². The average molecular weight is 552 g/mol. The Balaban J connectivity index is 0.00000363. The molecule has 3 N–H and O–H groups in total. The van der Waals surface area contributed by atoms with Crippen molar-refractivity contribution >= 4 is 35.8 Å². The quantitative estimate of drug-likeness (QED) is 0.193. The Morgan fingerprint density at radius 3 is 2.66 bits per heavy atom. The number of carbonyl (C=O) groups excluding carboxylic acids is 1. The number of nitrogens with zero attached hydrogens (tertiary/aromatic N) is 2. The van der Waals surface area contributed by atoms with Gasteiger partial charge in [-0.05, 0) is 31.0 Å². The first-order valence-corrected chi connectivity index (χ1v) is 10.9. The maximum atomic E-state index is 12.2. The summed E-state index contributed by atoms with van der Waals surface area (Å²) in [6.07, 6.45) is 1.07. The van der Waals surface area contributed by atoms with E-state index in [0.29, 0.717) is 25.6 Å². The van der Waals surface area contributed by atoms with Gasteiger partial charge in [0.25, 0.3) is 5.91 Å². The molecule has 0 bridgehead atoms. The first-order valence-electron chi connectivity index (χ1n) is 10.9. The van der Waals surface area contributed by atoms with Gasteiger partial charge in [-0.2, -0.15) is 0 Å². The van der Waals surface area contributed by atoms with Crippen LogP contribution < -0.4 is 10.6 Å². The molecule has 8 heteroatoms. The number of aromatic hydroxyl groups is 1. The van der Waals surface area contributed by atoms with Crippen LogP contribution in [-0.2, 0) is 11.3 Å². The van der Waals surface area contributed by atoms with Gasteiger partial charge in [0.05, 0.1) is 25.3 Å². The zero-order chi connectivity index (χ0) is 21.9. The third-order valence-corrected chi connectivity index (χ3v) is 5.19. The Hall–Kier alpha value is -2.33. The van der Waals surface area contributed by atoms with Crippen LogP contribution in [0, 0.1) is 5.92 Å². The van der Waals surface area contributed by atoms with Crippen LogP contribution in [0.25, 0.3) is 0 Å². The number of likely N-dealkylation sites (tertiary alicyclic amines) is 1. The molecule has 0 saturated carbocycles. The second-order valence-electron chi connectivity index (χ2n) is 7.61. The lowest BCUT2D eigenvalue weighted by atomic mass is 10.1. The zero-order valence-electron chi connectivity index (χ0n) is 18.5. The molecule has 1 saturated heterocycles. The van der Waals surface area contributed by atoms with Crippen LogP contribution in [0.3, 0.4) is 0 Å². The van der Waals surface area contributed by atoms with Crippen LogP contribution in [0.5, 0.6) is 5.75 Å². The van der Waals surface area contributed by atoms with E-state index in [2.05, 4.69) is 32.7 Å². The molecule has 174 valence electrons. The molecule has 2 aromatic carbocycles. The highest BCUT2D eigenvalue weighted by molar-refractivity contribution is 14.0. The normalized spacial score (nSPS) is 15.8. The molecule has 1 fully saturated rings. The lowest BCUT2D eigenvalue weighted by Gasteiger charge is -2.21. The number of hydrogen-bond acceptors (Lipinski definition) is 4. The number of amides is 1. The number of guanidine groups is 1. The predicted octanol–water partition coefficient (Wildman–Crippen LogP) is 3.24. The monoisotopic (exact) mass is 552 g/mol. The summed E-state index contributed by atoms with van der Waals surface area (Å²) in [5.74, 6) is 1.03. The fourth-order valence-electron chi connectivity index (χ4n) is 3.60. The van der Waals surface area contributed by atoms with Crippen molar-refractivity contribution in [2.75, 3.05) is 39.3 Å². The van der Waals surface area contributed by atoms with E-state index in [1.165, 1.54) is 11.6 Å². The molecule has 2 aromatic rings. The van der Waals surface area contributed by atoms with Gasteiger partial charge in [-0.1, -0.05) is 42.5 Å².